The van der Waals surface area contributed by atoms with Crippen LogP contribution in [0.3, 0.4) is 0 Å². The van der Waals surface area contributed by atoms with Crippen molar-refractivity contribution in [2.45, 2.75) is 45.6 Å². The van der Waals surface area contributed by atoms with Crippen LogP contribution in [0.5, 0.6) is 0 Å². The number of hydrogen-bond acceptors (Lipinski definition) is 2. The average Bonchev–Trinajstić information content (AvgIpc) is 2.76. The van der Waals surface area contributed by atoms with Gasteiger partial charge in [-0.25, -0.2) is 0 Å². The third-order valence-corrected chi connectivity index (χ3v) is 5.00. The molecule has 20 heavy (non-hydrogen) atoms. The molecule has 1 heterocycles. The summed E-state index contributed by atoms with van der Waals surface area (Å²) in [5.74, 6) is 0.413. The molecule has 3 nitrogen and oxygen atoms in total. The molecule has 1 aromatic carbocycles. The lowest BCUT2D eigenvalue weighted by atomic mass is 9.80. The van der Waals surface area contributed by atoms with E-state index in [0.717, 1.165) is 31.4 Å². The highest BCUT2D eigenvalue weighted by molar-refractivity contribution is 5.97. The summed E-state index contributed by atoms with van der Waals surface area (Å²) in [7, 11) is 0. The third kappa shape index (κ3) is 2.24. The van der Waals surface area contributed by atoms with Gasteiger partial charge in [0.25, 0.3) is 0 Å². The molecule has 2 atom stereocenters. The van der Waals surface area contributed by atoms with Gasteiger partial charge in [0.2, 0.25) is 5.91 Å². The van der Waals surface area contributed by atoms with Crippen molar-refractivity contribution < 1.29 is 4.79 Å². The molecule has 0 spiro atoms. The largest absolute Gasteiger partial charge is 0.326 e. The molecule has 0 bridgehead atoms. The fourth-order valence-corrected chi connectivity index (χ4v) is 3.81. The van der Waals surface area contributed by atoms with Gasteiger partial charge < -0.3 is 10.6 Å². The molecule has 1 amide bonds. The molecule has 1 aliphatic carbocycles. The molecule has 2 aliphatic rings. The van der Waals surface area contributed by atoms with E-state index in [1.165, 1.54) is 5.56 Å². The minimum atomic E-state index is 0.0540. The molecular formula is C17H24N2O. The van der Waals surface area contributed by atoms with Crippen molar-refractivity contribution in [1.82, 2.24) is 0 Å². The Morgan fingerprint density at radius 1 is 1.35 bits per heavy atom. The summed E-state index contributed by atoms with van der Waals surface area (Å²) in [4.78, 5) is 14.9. The monoisotopic (exact) mass is 272 g/mol. The predicted molar refractivity (Wildman–Crippen MR) is 81.6 cm³/mol. The fourth-order valence-electron chi connectivity index (χ4n) is 3.81. The van der Waals surface area contributed by atoms with Crippen LogP contribution in [0.1, 0.15) is 38.7 Å². The second-order valence-electron chi connectivity index (χ2n) is 6.98. The van der Waals surface area contributed by atoms with Crippen molar-refractivity contribution in [2.75, 3.05) is 11.4 Å². The van der Waals surface area contributed by atoms with Gasteiger partial charge in [0.05, 0.1) is 0 Å². The van der Waals surface area contributed by atoms with Crippen molar-refractivity contribution in [3.8, 4) is 0 Å². The Kier molecular flexibility index (Phi) is 3.33. The van der Waals surface area contributed by atoms with E-state index >= 15 is 0 Å². The lowest BCUT2D eigenvalue weighted by Crippen LogP contribution is -2.49. The smallest absolute Gasteiger partial charge is 0.230 e. The molecule has 0 saturated heterocycles. The summed E-state index contributed by atoms with van der Waals surface area (Å²) >= 11 is 0. The highest BCUT2D eigenvalue weighted by Gasteiger charge is 2.42. The molecule has 108 valence electrons. The highest BCUT2D eigenvalue weighted by atomic mass is 16.2. The number of anilines is 1. The van der Waals surface area contributed by atoms with Crippen LogP contribution in [0, 0.1) is 11.3 Å². The van der Waals surface area contributed by atoms with Gasteiger partial charge in [-0.2, -0.15) is 0 Å². The van der Waals surface area contributed by atoms with Crippen LogP contribution < -0.4 is 10.6 Å². The van der Waals surface area contributed by atoms with E-state index in [0.29, 0.717) is 6.54 Å². The zero-order chi connectivity index (χ0) is 14.3. The summed E-state index contributed by atoms with van der Waals surface area (Å²) < 4.78 is 0. The van der Waals surface area contributed by atoms with Gasteiger partial charge in [-0.05, 0) is 36.3 Å². The number of carbonyl (C=O) groups excluding carboxylic acids is 1. The zero-order valence-corrected chi connectivity index (χ0v) is 12.4. The summed E-state index contributed by atoms with van der Waals surface area (Å²) in [5.41, 5.74) is 8.54. The maximum Gasteiger partial charge on any atom is 0.230 e. The van der Waals surface area contributed by atoms with Crippen LogP contribution in [0.2, 0.25) is 0 Å². The minimum Gasteiger partial charge on any atom is -0.326 e. The highest BCUT2D eigenvalue weighted by Crippen LogP contribution is 2.44. The van der Waals surface area contributed by atoms with E-state index < -0.39 is 0 Å². The van der Waals surface area contributed by atoms with Crippen LogP contribution in [0.25, 0.3) is 0 Å². The Morgan fingerprint density at radius 3 is 2.80 bits per heavy atom. The Labute approximate surface area is 121 Å². The minimum absolute atomic E-state index is 0.0540. The molecule has 3 rings (SSSR count). The van der Waals surface area contributed by atoms with Crippen LogP contribution in [0.4, 0.5) is 5.69 Å². The number of amides is 1. The van der Waals surface area contributed by atoms with E-state index in [2.05, 4.69) is 26.0 Å². The van der Waals surface area contributed by atoms with Gasteiger partial charge in [0, 0.05) is 24.2 Å². The Balaban J connectivity index is 1.92. The molecule has 1 saturated carbocycles. The maximum absolute atomic E-state index is 13.0. The number of hydrogen-bond donors (Lipinski definition) is 1. The van der Waals surface area contributed by atoms with Gasteiger partial charge >= 0.3 is 0 Å². The standard InChI is InChI=1S/C17H24N2O/c1-17(2)9-5-7-14(17)16(20)19-11-13(18)10-12-6-3-4-8-15(12)19/h3-4,6,8,13-14H,5,7,9-11,18H2,1-2H3. The van der Waals surface area contributed by atoms with Crippen molar-refractivity contribution in [2.24, 2.45) is 17.1 Å². The van der Waals surface area contributed by atoms with Crippen LogP contribution in [-0.2, 0) is 11.2 Å². The molecule has 0 radical (unpaired) electrons. The number of carbonyl (C=O) groups is 1. The normalized spacial score (nSPS) is 28.2. The zero-order valence-electron chi connectivity index (χ0n) is 12.4. The molecule has 1 aliphatic heterocycles. The summed E-state index contributed by atoms with van der Waals surface area (Å²) in [5, 5.41) is 0. The Morgan fingerprint density at radius 2 is 2.10 bits per heavy atom. The first-order valence-corrected chi connectivity index (χ1v) is 7.64. The van der Waals surface area contributed by atoms with E-state index in [1.807, 2.05) is 17.0 Å². The van der Waals surface area contributed by atoms with Crippen molar-refractivity contribution in [3.63, 3.8) is 0 Å². The molecular weight excluding hydrogens is 248 g/mol. The van der Waals surface area contributed by atoms with Crippen LogP contribution in [-0.4, -0.2) is 18.5 Å². The second-order valence-corrected chi connectivity index (χ2v) is 6.98. The number of para-hydroxylation sites is 1. The quantitative estimate of drug-likeness (QED) is 0.854. The first kappa shape index (κ1) is 13.6. The van der Waals surface area contributed by atoms with E-state index in [1.54, 1.807) is 0 Å². The Hall–Kier alpha value is -1.35. The number of benzene rings is 1. The molecule has 3 heteroatoms. The van der Waals surface area contributed by atoms with Gasteiger partial charge in [0.15, 0.2) is 0 Å². The summed E-state index contributed by atoms with van der Waals surface area (Å²) in [6.07, 6.45) is 4.18. The first-order chi connectivity index (χ1) is 9.49. The number of rotatable bonds is 1. The topological polar surface area (TPSA) is 46.3 Å². The average molecular weight is 272 g/mol. The summed E-state index contributed by atoms with van der Waals surface area (Å²) in [6.45, 7) is 5.10. The van der Waals surface area contributed by atoms with E-state index in [4.69, 9.17) is 5.73 Å². The third-order valence-electron chi connectivity index (χ3n) is 5.00. The van der Waals surface area contributed by atoms with Gasteiger partial charge in [0.1, 0.15) is 0 Å². The fraction of sp³-hybridized carbons (Fsp3) is 0.588. The maximum atomic E-state index is 13.0. The van der Waals surface area contributed by atoms with Crippen molar-refractivity contribution in [3.05, 3.63) is 29.8 Å². The molecule has 2 N–H and O–H groups in total. The first-order valence-electron chi connectivity index (χ1n) is 7.64. The SMILES string of the molecule is CC1(C)CCCC1C(=O)N1CC(N)Cc2ccccc21. The summed E-state index contributed by atoms with van der Waals surface area (Å²) in [6, 6.07) is 8.24. The van der Waals surface area contributed by atoms with Crippen molar-refractivity contribution >= 4 is 11.6 Å². The molecule has 1 aromatic rings. The molecule has 1 fully saturated rings. The number of nitrogens with two attached hydrogens (primary N) is 1. The molecule has 2 unspecified atom stereocenters. The molecule has 0 aromatic heterocycles. The number of nitrogens with zero attached hydrogens (tertiary/aromatic N) is 1. The van der Waals surface area contributed by atoms with Gasteiger partial charge in [-0.15, -0.1) is 0 Å². The van der Waals surface area contributed by atoms with E-state index in [9.17, 15) is 4.79 Å². The van der Waals surface area contributed by atoms with Crippen LogP contribution >= 0.6 is 0 Å². The van der Waals surface area contributed by atoms with Crippen LogP contribution in [0.15, 0.2) is 24.3 Å². The number of fused-ring (bicyclic) bond motifs is 1. The lowest BCUT2D eigenvalue weighted by Gasteiger charge is -2.37. The second kappa shape index (κ2) is 4.88. The lowest BCUT2D eigenvalue weighted by molar-refractivity contribution is -0.125. The Bertz CT molecular complexity index is 523. The van der Waals surface area contributed by atoms with E-state index in [-0.39, 0.29) is 23.3 Å². The van der Waals surface area contributed by atoms with Crippen molar-refractivity contribution in [1.29, 1.82) is 0 Å². The van der Waals surface area contributed by atoms with Gasteiger partial charge in [-0.1, -0.05) is 38.5 Å². The predicted octanol–water partition coefficient (Wildman–Crippen LogP) is 2.73. The van der Waals surface area contributed by atoms with Gasteiger partial charge in [-0.3, -0.25) is 4.79 Å².